The summed E-state index contributed by atoms with van der Waals surface area (Å²) >= 11 is 1.79. The molecule has 0 heterocycles. The quantitative estimate of drug-likeness (QED) is 0.718. The van der Waals surface area contributed by atoms with Crippen molar-refractivity contribution in [3.8, 4) is 0 Å². The van der Waals surface area contributed by atoms with Crippen molar-refractivity contribution in [1.29, 1.82) is 0 Å². The maximum atomic E-state index is 11.3. The largest absolute Gasteiger partial charge is 0.395 e. The van der Waals surface area contributed by atoms with Crippen LogP contribution in [-0.4, -0.2) is 43.4 Å². The summed E-state index contributed by atoms with van der Waals surface area (Å²) in [4.78, 5) is 0. The summed E-state index contributed by atoms with van der Waals surface area (Å²) in [7, 11) is -3.26. The van der Waals surface area contributed by atoms with E-state index >= 15 is 0 Å². The van der Waals surface area contributed by atoms with Crippen LogP contribution in [0, 0.1) is 0 Å². The molecule has 1 fully saturated rings. The van der Waals surface area contributed by atoms with E-state index in [-0.39, 0.29) is 18.4 Å². The highest BCUT2D eigenvalue weighted by Gasteiger charge is 2.26. The van der Waals surface area contributed by atoms with Gasteiger partial charge in [0.25, 0.3) is 0 Å². The van der Waals surface area contributed by atoms with E-state index in [4.69, 9.17) is 5.11 Å². The van der Waals surface area contributed by atoms with Crippen molar-refractivity contribution in [3.05, 3.63) is 0 Å². The number of thioether (sulfide) groups is 1. The fraction of sp³-hybridized carbons (Fsp3) is 1.00. The van der Waals surface area contributed by atoms with Crippen LogP contribution in [0.2, 0.25) is 0 Å². The van der Waals surface area contributed by atoms with E-state index in [9.17, 15) is 8.42 Å². The van der Waals surface area contributed by atoms with E-state index in [0.29, 0.717) is 5.25 Å². The Morgan fingerprint density at radius 1 is 1.50 bits per heavy atom. The Hall–Kier alpha value is 0.220. The highest BCUT2D eigenvalue weighted by Crippen LogP contribution is 2.28. The zero-order valence-corrected chi connectivity index (χ0v) is 9.90. The van der Waals surface area contributed by atoms with E-state index in [1.54, 1.807) is 11.8 Å². The lowest BCUT2D eigenvalue weighted by atomic mass is 10.3. The highest BCUT2D eigenvalue weighted by atomic mass is 32.2. The molecule has 2 atom stereocenters. The van der Waals surface area contributed by atoms with Gasteiger partial charge >= 0.3 is 0 Å². The second-order valence-electron chi connectivity index (χ2n) is 3.53. The third-order valence-electron chi connectivity index (χ3n) is 2.42. The molecule has 6 heteroatoms. The van der Waals surface area contributed by atoms with Gasteiger partial charge in [0.15, 0.2) is 0 Å². The molecular weight excluding hydrogens is 222 g/mol. The smallest absolute Gasteiger partial charge is 0.214 e. The molecule has 1 saturated carbocycles. The van der Waals surface area contributed by atoms with Crippen LogP contribution in [0.5, 0.6) is 0 Å². The van der Waals surface area contributed by atoms with Crippen LogP contribution in [0.25, 0.3) is 0 Å². The van der Waals surface area contributed by atoms with Gasteiger partial charge in [0, 0.05) is 11.3 Å². The molecule has 0 radical (unpaired) electrons. The second-order valence-corrected chi connectivity index (χ2v) is 6.54. The molecule has 1 rings (SSSR count). The number of aliphatic hydroxyl groups is 1. The average molecular weight is 239 g/mol. The fourth-order valence-corrected chi connectivity index (χ4v) is 3.57. The first-order chi connectivity index (χ1) is 6.57. The Morgan fingerprint density at radius 3 is 2.71 bits per heavy atom. The van der Waals surface area contributed by atoms with Gasteiger partial charge in [0.2, 0.25) is 10.0 Å². The van der Waals surface area contributed by atoms with Gasteiger partial charge in [-0.15, -0.1) is 0 Å². The third kappa shape index (κ3) is 3.76. The van der Waals surface area contributed by atoms with E-state index in [1.165, 1.54) is 0 Å². The maximum Gasteiger partial charge on any atom is 0.214 e. The lowest BCUT2D eigenvalue weighted by Gasteiger charge is -2.12. The van der Waals surface area contributed by atoms with Gasteiger partial charge in [0.05, 0.1) is 12.4 Å². The van der Waals surface area contributed by atoms with Crippen LogP contribution in [0.3, 0.4) is 0 Å². The minimum absolute atomic E-state index is 0.0731. The Kier molecular flexibility index (Phi) is 4.69. The Balaban J connectivity index is 2.39. The first-order valence-corrected chi connectivity index (χ1v) is 7.65. The molecule has 4 nitrogen and oxygen atoms in total. The van der Waals surface area contributed by atoms with Gasteiger partial charge in [0.1, 0.15) is 0 Å². The van der Waals surface area contributed by atoms with E-state index in [1.807, 2.05) is 0 Å². The van der Waals surface area contributed by atoms with Gasteiger partial charge in [-0.05, 0) is 25.5 Å². The lowest BCUT2D eigenvalue weighted by Crippen LogP contribution is -2.35. The van der Waals surface area contributed by atoms with E-state index < -0.39 is 10.0 Å². The molecule has 0 bridgehead atoms. The van der Waals surface area contributed by atoms with Crippen LogP contribution in [0.1, 0.15) is 19.3 Å². The summed E-state index contributed by atoms with van der Waals surface area (Å²) in [5.74, 6) is -0.187. The number of hydrogen-bond donors (Lipinski definition) is 2. The highest BCUT2D eigenvalue weighted by molar-refractivity contribution is 7.99. The Labute approximate surface area is 89.5 Å². The molecule has 0 aromatic heterocycles. The van der Waals surface area contributed by atoms with Crippen molar-refractivity contribution in [2.75, 3.05) is 18.6 Å². The molecule has 0 amide bonds. The standard InChI is InChI=1S/C8H17NO3S2/c1-13-8-3-2-7(6-8)9-14(11,12)5-4-10/h7-10H,2-6H2,1H3. The lowest BCUT2D eigenvalue weighted by molar-refractivity contribution is 0.319. The SMILES string of the molecule is CSC1CCC(NS(=O)(=O)CCO)C1. The molecule has 2 N–H and O–H groups in total. The molecule has 14 heavy (non-hydrogen) atoms. The van der Waals surface area contributed by atoms with Crippen molar-refractivity contribution in [2.24, 2.45) is 0 Å². The summed E-state index contributed by atoms with van der Waals surface area (Å²) < 4.78 is 25.2. The van der Waals surface area contributed by atoms with Gasteiger partial charge in [-0.3, -0.25) is 0 Å². The summed E-state index contributed by atoms with van der Waals surface area (Å²) in [6.45, 7) is -0.311. The number of aliphatic hydroxyl groups excluding tert-OH is 1. The van der Waals surface area contributed by atoms with Crippen molar-refractivity contribution >= 4 is 21.8 Å². The van der Waals surface area contributed by atoms with Gasteiger partial charge in [-0.1, -0.05) is 0 Å². The van der Waals surface area contributed by atoms with E-state index in [0.717, 1.165) is 19.3 Å². The van der Waals surface area contributed by atoms with Gasteiger partial charge in [-0.2, -0.15) is 11.8 Å². The molecule has 1 aliphatic carbocycles. The molecule has 84 valence electrons. The normalized spacial score (nSPS) is 28.1. The van der Waals surface area contributed by atoms with E-state index in [2.05, 4.69) is 11.0 Å². The Bertz CT molecular complexity index is 266. The molecule has 0 saturated heterocycles. The average Bonchev–Trinajstić information content (AvgIpc) is 2.51. The minimum atomic E-state index is -3.26. The molecule has 0 aromatic rings. The molecule has 2 unspecified atom stereocenters. The number of nitrogens with one attached hydrogen (secondary N) is 1. The number of sulfonamides is 1. The van der Waals surface area contributed by atoms with Crippen molar-refractivity contribution in [2.45, 2.75) is 30.6 Å². The predicted molar refractivity (Wildman–Crippen MR) is 59.0 cm³/mol. The van der Waals surface area contributed by atoms with Gasteiger partial charge in [-0.25, -0.2) is 13.1 Å². The number of rotatable bonds is 5. The molecule has 0 aromatic carbocycles. The van der Waals surface area contributed by atoms with Crippen LogP contribution in [0.15, 0.2) is 0 Å². The molecule has 1 aliphatic rings. The molecule has 0 aliphatic heterocycles. The monoisotopic (exact) mass is 239 g/mol. The minimum Gasteiger partial charge on any atom is -0.395 e. The summed E-state index contributed by atoms with van der Waals surface area (Å²) in [6, 6.07) is 0.0731. The summed E-state index contributed by atoms with van der Waals surface area (Å²) in [6.07, 6.45) is 4.95. The third-order valence-corrected chi connectivity index (χ3v) is 4.93. The van der Waals surface area contributed by atoms with Gasteiger partial charge < -0.3 is 5.11 Å². The van der Waals surface area contributed by atoms with Crippen LogP contribution in [0.4, 0.5) is 0 Å². The summed E-state index contributed by atoms with van der Waals surface area (Å²) in [5.41, 5.74) is 0. The van der Waals surface area contributed by atoms with Crippen LogP contribution in [-0.2, 0) is 10.0 Å². The maximum absolute atomic E-state index is 11.3. The predicted octanol–water partition coefficient (Wildman–Crippen LogP) is 0.182. The summed E-state index contributed by atoms with van der Waals surface area (Å²) in [5, 5.41) is 9.13. The first-order valence-electron chi connectivity index (χ1n) is 4.71. The fourth-order valence-electron chi connectivity index (χ4n) is 1.69. The van der Waals surface area contributed by atoms with Crippen LogP contribution < -0.4 is 4.72 Å². The molecular formula is C8H17NO3S2. The topological polar surface area (TPSA) is 66.4 Å². The number of hydrogen-bond acceptors (Lipinski definition) is 4. The Morgan fingerprint density at radius 2 is 2.21 bits per heavy atom. The zero-order chi connectivity index (χ0) is 10.6. The first kappa shape index (κ1) is 12.3. The zero-order valence-electron chi connectivity index (χ0n) is 8.27. The van der Waals surface area contributed by atoms with Crippen molar-refractivity contribution in [1.82, 2.24) is 4.72 Å². The van der Waals surface area contributed by atoms with Crippen LogP contribution >= 0.6 is 11.8 Å². The molecule has 0 spiro atoms. The van der Waals surface area contributed by atoms with Crippen molar-refractivity contribution < 1.29 is 13.5 Å². The second kappa shape index (κ2) is 5.34. The van der Waals surface area contributed by atoms with Crippen molar-refractivity contribution in [3.63, 3.8) is 0 Å².